The van der Waals surface area contributed by atoms with Crippen molar-refractivity contribution in [2.75, 3.05) is 30.0 Å². The van der Waals surface area contributed by atoms with E-state index in [2.05, 4.69) is 0 Å². The van der Waals surface area contributed by atoms with Crippen molar-refractivity contribution in [2.24, 2.45) is 0 Å². The zero-order valence-corrected chi connectivity index (χ0v) is 13.3. The fraction of sp³-hybridized carbons (Fsp3) is 0.417. The Bertz CT molecular complexity index is 634. The SMILES string of the molecule is CS(=O)(=O)C1CSCCN1C(=O)c1ccc(N)c(Cl)c1. The molecule has 8 heteroatoms. The maximum absolute atomic E-state index is 12.5. The Morgan fingerprint density at radius 3 is 2.80 bits per heavy atom. The van der Waals surface area contributed by atoms with Crippen LogP contribution in [0, 0.1) is 0 Å². The van der Waals surface area contributed by atoms with Crippen LogP contribution in [0.15, 0.2) is 18.2 Å². The molecular weight excluding hydrogens is 320 g/mol. The summed E-state index contributed by atoms with van der Waals surface area (Å²) in [4.78, 5) is 13.9. The molecule has 0 aliphatic carbocycles. The van der Waals surface area contributed by atoms with Gasteiger partial charge in [-0.25, -0.2) is 8.42 Å². The molecule has 5 nitrogen and oxygen atoms in total. The van der Waals surface area contributed by atoms with Crippen molar-refractivity contribution in [3.05, 3.63) is 28.8 Å². The molecule has 0 radical (unpaired) electrons. The maximum Gasteiger partial charge on any atom is 0.255 e. The molecule has 1 amide bonds. The van der Waals surface area contributed by atoms with E-state index in [0.29, 0.717) is 23.5 Å². The topological polar surface area (TPSA) is 80.5 Å². The van der Waals surface area contributed by atoms with Crippen molar-refractivity contribution in [1.82, 2.24) is 4.90 Å². The zero-order valence-electron chi connectivity index (χ0n) is 10.9. The lowest BCUT2D eigenvalue weighted by Crippen LogP contribution is -2.49. The summed E-state index contributed by atoms with van der Waals surface area (Å²) in [6.45, 7) is 0.406. The smallest absolute Gasteiger partial charge is 0.255 e. The Kier molecular flexibility index (Phi) is 4.51. The molecule has 1 aliphatic heterocycles. The second-order valence-electron chi connectivity index (χ2n) is 4.59. The molecule has 2 rings (SSSR count). The largest absolute Gasteiger partial charge is 0.398 e. The molecule has 1 saturated heterocycles. The second-order valence-corrected chi connectivity index (χ2v) is 8.35. The van der Waals surface area contributed by atoms with Gasteiger partial charge in [0.15, 0.2) is 9.84 Å². The van der Waals surface area contributed by atoms with Crippen LogP contribution in [0.25, 0.3) is 0 Å². The molecule has 1 aromatic rings. The Labute approximate surface area is 127 Å². The predicted octanol–water partition coefficient (Wildman–Crippen LogP) is 1.48. The molecule has 110 valence electrons. The molecule has 1 aliphatic rings. The van der Waals surface area contributed by atoms with Crippen LogP contribution in [0.4, 0.5) is 5.69 Å². The first-order valence-corrected chi connectivity index (χ1v) is 9.42. The van der Waals surface area contributed by atoms with Gasteiger partial charge >= 0.3 is 0 Å². The van der Waals surface area contributed by atoms with E-state index >= 15 is 0 Å². The molecule has 1 atom stereocenters. The average Bonchev–Trinajstić information content (AvgIpc) is 2.40. The lowest BCUT2D eigenvalue weighted by Gasteiger charge is -2.34. The summed E-state index contributed by atoms with van der Waals surface area (Å²) in [6.07, 6.45) is 1.15. The van der Waals surface area contributed by atoms with E-state index in [1.165, 1.54) is 22.7 Å². The minimum Gasteiger partial charge on any atom is -0.398 e. The molecule has 1 unspecified atom stereocenters. The highest BCUT2D eigenvalue weighted by atomic mass is 35.5. The standard InChI is InChI=1S/C12H15ClN2O3S2/c1-20(17,18)11-7-19-5-4-15(11)12(16)8-2-3-10(14)9(13)6-8/h2-3,6,11H,4-5,7,14H2,1H3. The summed E-state index contributed by atoms with van der Waals surface area (Å²) < 4.78 is 23.6. The number of hydrogen-bond acceptors (Lipinski definition) is 5. The molecule has 0 bridgehead atoms. The van der Waals surface area contributed by atoms with Crippen LogP contribution < -0.4 is 5.73 Å². The van der Waals surface area contributed by atoms with Gasteiger partial charge in [-0.05, 0) is 18.2 Å². The molecular formula is C12H15ClN2O3S2. The molecule has 0 spiro atoms. The van der Waals surface area contributed by atoms with Gasteiger partial charge in [0.25, 0.3) is 5.91 Å². The fourth-order valence-corrected chi connectivity index (χ4v) is 4.99. The highest BCUT2D eigenvalue weighted by molar-refractivity contribution is 8.00. The van der Waals surface area contributed by atoms with Crippen LogP contribution >= 0.6 is 23.4 Å². The quantitative estimate of drug-likeness (QED) is 0.829. The van der Waals surface area contributed by atoms with E-state index < -0.39 is 15.2 Å². The highest BCUT2D eigenvalue weighted by Gasteiger charge is 2.34. The number of anilines is 1. The predicted molar refractivity (Wildman–Crippen MR) is 82.9 cm³/mol. The molecule has 1 heterocycles. The summed E-state index contributed by atoms with van der Waals surface area (Å²) in [5, 5.41) is -0.497. The number of carbonyl (C=O) groups is 1. The number of nitrogens with zero attached hydrogens (tertiary/aromatic N) is 1. The molecule has 0 saturated carbocycles. The van der Waals surface area contributed by atoms with Crippen LogP contribution in [-0.2, 0) is 9.84 Å². The van der Waals surface area contributed by atoms with Crippen molar-refractivity contribution < 1.29 is 13.2 Å². The first-order valence-electron chi connectivity index (χ1n) is 5.93. The van der Waals surface area contributed by atoms with Crippen LogP contribution in [0.2, 0.25) is 5.02 Å². The number of nitrogens with two attached hydrogens (primary N) is 1. The van der Waals surface area contributed by atoms with Crippen LogP contribution in [0.5, 0.6) is 0 Å². The van der Waals surface area contributed by atoms with Gasteiger partial charge in [0.05, 0.1) is 10.7 Å². The number of thioether (sulfide) groups is 1. The number of sulfone groups is 1. The minimum atomic E-state index is -3.32. The van der Waals surface area contributed by atoms with E-state index in [9.17, 15) is 13.2 Å². The Morgan fingerprint density at radius 2 is 2.20 bits per heavy atom. The van der Waals surface area contributed by atoms with Gasteiger partial charge in [0.2, 0.25) is 0 Å². The number of hydrogen-bond donors (Lipinski definition) is 1. The molecule has 0 aromatic heterocycles. The Hall–Kier alpha value is -0.920. The lowest BCUT2D eigenvalue weighted by atomic mass is 10.2. The van der Waals surface area contributed by atoms with Crippen molar-refractivity contribution in [1.29, 1.82) is 0 Å². The monoisotopic (exact) mass is 334 g/mol. The zero-order chi connectivity index (χ0) is 14.9. The lowest BCUT2D eigenvalue weighted by molar-refractivity contribution is 0.0749. The normalized spacial score (nSPS) is 19.9. The summed E-state index contributed by atoms with van der Waals surface area (Å²) in [7, 11) is -3.32. The number of benzene rings is 1. The van der Waals surface area contributed by atoms with Gasteiger partial charge in [-0.1, -0.05) is 11.6 Å². The van der Waals surface area contributed by atoms with Gasteiger partial charge in [-0.3, -0.25) is 4.79 Å². The molecule has 2 N–H and O–H groups in total. The van der Waals surface area contributed by atoms with Crippen LogP contribution in [0.3, 0.4) is 0 Å². The van der Waals surface area contributed by atoms with Gasteiger partial charge in [-0.2, -0.15) is 11.8 Å². The number of nitrogen functional groups attached to an aromatic ring is 1. The Balaban J connectivity index is 2.32. The summed E-state index contributed by atoms with van der Waals surface area (Å²) >= 11 is 7.44. The summed E-state index contributed by atoms with van der Waals surface area (Å²) in [6, 6.07) is 4.58. The van der Waals surface area contributed by atoms with Gasteiger partial charge in [0.1, 0.15) is 5.37 Å². The average molecular weight is 335 g/mol. The number of amides is 1. The minimum absolute atomic E-state index is 0.290. The highest BCUT2D eigenvalue weighted by Crippen LogP contribution is 2.25. The number of halogens is 1. The van der Waals surface area contributed by atoms with Gasteiger partial charge in [0, 0.05) is 29.9 Å². The van der Waals surface area contributed by atoms with Gasteiger partial charge < -0.3 is 10.6 Å². The number of carbonyl (C=O) groups excluding carboxylic acids is 1. The summed E-state index contributed by atoms with van der Waals surface area (Å²) in [5.74, 6) is 0.788. The van der Waals surface area contributed by atoms with Gasteiger partial charge in [-0.15, -0.1) is 0 Å². The van der Waals surface area contributed by atoms with Crippen molar-refractivity contribution in [3.8, 4) is 0 Å². The molecule has 1 fully saturated rings. The summed E-state index contributed by atoms with van der Waals surface area (Å²) in [5.41, 5.74) is 6.35. The van der Waals surface area contributed by atoms with Crippen LogP contribution in [-0.4, -0.2) is 48.9 Å². The first-order chi connectivity index (χ1) is 9.30. The fourth-order valence-electron chi connectivity index (χ4n) is 1.99. The third-order valence-corrected chi connectivity index (χ3v) is 6.06. The van der Waals surface area contributed by atoms with E-state index in [-0.39, 0.29) is 10.9 Å². The van der Waals surface area contributed by atoms with E-state index in [0.717, 1.165) is 12.0 Å². The van der Waals surface area contributed by atoms with Crippen LogP contribution in [0.1, 0.15) is 10.4 Å². The van der Waals surface area contributed by atoms with Crippen molar-refractivity contribution in [2.45, 2.75) is 5.37 Å². The third-order valence-electron chi connectivity index (χ3n) is 3.09. The molecule has 20 heavy (non-hydrogen) atoms. The third kappa shape index (κ3) is 3.21. The van der Waals surface area contributed by atoms with E-state index in [1.807, 2.05) is 0 Å². The van der Waals surface area contributed by atoms with E-state index in [4.69, 9.17) is 17.3 Å². The second kappa shape index (κ2) is 5.83. The maximum atomic E-state index is 12.5. The number of rotatable bonds is 2. The first kappa shape index (κ1) is 15.5. The van der Waals surface area contributed by atoms with Crippen molar-refractivity contribution >= 4 is 44.8 Å². The Morgan fingerprint density at radius 1 is 1.50 bits per heavy atom. The van der Waals surface area contributed by atoms with E-state index in [1.54, 1.807) is 12.1 Å². The molecule has 1 aromatic carbocycles. The van der Waals surface area contributed by atoms with Crippen molar-refractivity contribution in [3.63, 3.8) is 0 Å².